The SMILES string of the molecule is CCCCCCOC(=O)COCC(=O)OCCCCC. The molecule has 0 heterocycles. The van der Waals surface area contributed by atoms with Crippen LogP contribution in [0.4, 0.5) is 0 Å². The van der Waals surface area contributed by atoms with E-state index in [0.717, 1.165) is 44.9 Å². The Labute approximate surface area is 122 Å². The third-order valence-electron chi connectivity index (χ3n) is 2.71. The van der Waals surface area contributed by atoms with E-state index in [0.29, 0.717) is 13.2 Å². The fourth-order valence-corrected chi connectivity index (χ4v) is 1.55. The van der Waals surface area contributed by atoms with E-state index in [1.165, 1.54) is 0 Å². The number of hydrogen-bond acceptors (Lipinski definition) is 5. The van der Waals surface area contributed by atoms with Gasteiger partial charge in [0.2, 0.25) is 0 Å². The Bertz CT molecular complexity index is 253. The van der Waals surface area contributed by atoms with Gasteiger partial charge >= 0.3 is 11.9 Å². The summed E-state index contributed by atoms with van der Waals surface area (Å²) in [7, 11) is 0. The summed E-state index contributed by atoms with van der Waals surface area (Å²) in [6.07, 6.45) is 7.22. The molecule has 0 saturated heterocycles. The molecule has 0 aromatic rings. The average Bonchev–Trinajstić information content (AvgIpc) is 2.43. The Kier molecular flexibility index (Phi) is 13.5. The molecule has 0 aromatic carbocycles. The highest BCUT2D eigenvalue weighted by Gasteiger charge is 2.07. The predicted molar refractivity (Wildman–Crippen MR) is 76.4 cm³/mol. The van der Waals surface area contributed by atoms with Crippen LogP contribution in [-0.4, -0.2) is 38.4 Å². The van der Waals surface area contributed by atoms with E-state index in [4.69, 9.17) is 14.2 Å². The van der Waals surface area contributed by atoms with Crippen LogP contribution in [0.15, 0.2) is 0 Å². The molecule has 118 valence electrons. The molecule has 0 amide bonds. The first kappa shape index (κ1) is 18.9. The molecule has 20 heavy (non-hydrogen) atoms. The Hall–Kier alpha value is -1.10. The monoisotopic (exact) mass is 288 g/mol. The molecular formula is C15H28O5. The Balaban J connectivity index is 3.35. The van der Waals surface area contributed by atoms with Crippen molar-refractivity contribution in [2.45, 2.75) is 58.8 Å². The van der Waals surface area contributed by atoms with Crippen molar-refractivity contribution >= 4 is 11.9 Å². The van der Waals surface area contributed by atoms with E-state index in [1.807, 2.05) is 0 Å². The number of hydrogen-bond donors (Lipinski definition) is 0. The van der Waals surface area contributed by atoms with Crippen molar-refractivity contribution in [1.82, 2.24) is 0 Å². The van der Waals surface area contributed by atoms with E-state index < -0.39 is 11.9 Å². The van der Waals surface area contributed by atoms with Crippen molar-refractivity contribution in [3.05, 3.63) is 0 Å². The summed E-state index contributed by atoms with van der Waals surface area (Å²) in [5, 5.41) is 0. The fourth-order valence-electron chi connectivity index (χ4n) is 1.55. The average molecular weight is 288 g/mol. The van der Waals surface area contributed by atoms with Crippen LogP contribution >= 0.6 is 0 Å². The van der Waals surface area contributed by atoms with Gasteiger partial charge in [-0.1, -0.05) is 46.0 Å². The van der Waals surface area contributed by atoms with Gasteiger partial charge in [-0.15, -0.1) is 0 Å². The molecule has 0 N–H and O–H groups in total. The van der Waals surface area contributed by atoms with Gasteiger partial charge in [-0.25, -0.2) is 9.59 Å². The molecular weight excluding hydrogens is 260 g/mol. The lowest BCUT2D eigenvalue weighted by Crippen LogP contribution is -2.19. The molecule has 0 aliphatic carbocycles. The van der Waals surface area contributed by atoms with Crippen molar-refractivity contribution in [3.8, 4) is 0 Å². The smallest absolute Gasteiger partial charge is 0.332 e. The summed E-state index contributed by atoms with van der Waals surface area (Å²) >= 11 is 0. The molecule has 5 nitrogen and oxygen atoms in total. The molecule has 0 fully saturated rings. The third kappa shape index (κ3) is 13.3. The zero-order valence-corrected chi connectivity index (χ0v) is 12.8. The first-order valence-electron chi connectivity index (χ1n) is 7.59. The number of rotatable bonds is 13. The maximum atomic E-state index is 11.3. The molecule has 0 radical (unpaired) electrons. The quantitative estimate of drug-likeness (QED) is 0.385. The van der Waals surface area contributed by atoms with E-state index in [2.05, 4.69) is 13.8 Å². The van der Waals surface area contributed by atoms with Crippen molar-refractivity contribution in [2.75, 3.05) is 26.4 Å². The first-order valence-corrected chi connectivity index (χ1v) is 7.59. The maximum absolute atomic E-state index is 11.3. The van der Waals surface area contributed by atoms with Crippen LogP contribution in [0.25, 0.3) is 0 Å². The van der Waals surface area contributed by atoms with Crippen molar-refractivity contribution in [1.29, 1.82) is 0 Å². The summed E-state index contributed by atoms with van der Waals surface area (Å²) < 4.78 is 14.8. The van der Waals surface area contributed by atoms with Gasteiger partial charge in [0.1, 0.15) is 13.2 Å². The minimum atomic E-state index is -0.433. The lowest BCUT2D eigenvalue weighted by atomic mass is 10.2. The second-order valence-electron chi connectivity index (χ2n) is 4.70. The van der Waals surface area contributed by atoms with Crippen LogP contribution in [0.3, 0.4) is 0 Å². The standard InChI is InChI=1S/C15H28O5/c1-3-5-7-9-11-20-15(17)13-18-12-14(16)19-10-8-6-4-2/h3-13H2,1-2H3. The zero-order chi connectivity index (χ0) is 15.1. The van der Waals surface area contributed by atoms with Gasteiger partial charge < -0.3 is 14.2 Å². The molecule has 0 rings (SSSR count). The van der Waals surface area contributed by atoms with Crippen LogP contribution < -0.4 is 0 Å². The molecule has 0 aromatic heterocycles. The van der Waals surface area contributed by atoms with Gasteiger partial charge in [-0.3, -0.25) is 0 Å². The van der Waals surface area contributed by atoms with Gasteiger partial charge in [-0.2, -0.15) is 0 Å². The lowest BCUT2D eigenvalue weighted by molar-refractivity contribution is -0.155. The zero-order valence-electron chi connectivity index (χ0n) is 12.8. The normalized spacial score (nSPS) is 10.3. The van der Waals surface area contributed by atoms with Crippen LogP contribution in [0.1, 0.15) is 58.8 Å². The molecule has 5 heteroatoms. The highest BCUT2D eigenvalue weighted by Crippen LogP contribution is 1.99. The summed E-state index contributed by atoms with van der Waals surface area (Å²) in [5.41, 5.74) is 0. The van der Waals surface area contributed by atoms with Crippen LogP contribution in [-0.2, 0) is 23.8 Å². The van der Waals surface area contributed by atoms with Gasteiger partial charge in [0.15, 0.2) is 0 Å². The van der Waals surface area contributed by atoms with E-state index in [9.17, 15) is 9.59 Å². The first-order chi connectivity index (χ1) is 9.70. The Morgan fingerprint density at radius 1 is 0.700 bits per heavy atom. The molecule has 0 unspecified atom stereocenters. The predicted octanol–water partition coefficient (Wildman–Crippen LogP) is 2.86. The van der Waals surface area contributed by atoms with Crippen molar-refractivity contribution < 1.29 is 23.8 Å². The lowest BCUT2D eigenvalue weighted by Gasteiger charge is -2.06. The number of unbranched alkanes of at least 4 members (excludes halogenated alkanes) is 5. The van der Waals surface area contributed by atoms with E-state index >= 15 is 0 Å². The largest absolute Gasteiger partial charge is 0.464 e. The summed E-state index contributed by atoms with van der Waals surface area (Å²) in [5.74, 6) is -0.864. The molecule has 0 aliphatic rings. The molecule has 0 atom stereocenters. The van der Waals surface area contributed by atoms with E-state index in [-0.39, 0.29) is 13.2 Å². The second kappa shape index (κ2) is 14.3. The number of ether oxygens (including phenoxy) is 3. The van der Waals surface area contributed by atoms with Crippen LogP contribution in [0, 0.1) is 0 Å². The second-order valence-corrected chi connectivity index (χ2v) is 4.70. The highest BCUT2D eigenvalue weighted by molar-refractivity contribution is 5.73. The van der Waals surface area contributed by atoms with Gasteiger partial charge in [-0.05, 0) is 12.8 Å². The topological polar surface area (TPSA) is 61.8 Å². The fraction of sp³-hybridized carbons (Fsp3) is 0.867. The number of carbonyl (C=O) groups excluding carboxylic acids is 2. The molecule has 0 aliphatic heterocycles. The summed E-state index contributed by atoms with van der Waals surface area (Å²) in [6.45, 7) is 4.65. The minimum absolute atomic E-state index is 0.197. The molecule has 0 saturated carbocycles. The van der Waals surface area contributed by atoms with Crippen molar-refractivity contribution in [3.63, 3.8) is 0 Å². The number of carbonyl (C=O) groups is 2. The van der Waals surface area contributed by atoms with Crippen LogP contribution in [0.5, 0.6) is 0 Å². The molecule has 0 spiro atoms. The summed E-state index contributed by atoms with van der Waals surface area (Å²) in [4.78, 5) is 22.5. The Morgan fingerprint density at radius 2 is 1.15 bits per heavy atom. The van der Waals surface area contributed by atoms with Gasteiger partial charge in [0.05, 0.1) is 13.2 Å². The van der Waals surface area contributed by atoms with E-state index in [1.54, 1.807) is 0 Å². The van der Waals surface area contributed by atoms with Crippen molar-refractivity contribution in [2.24, 2.45) is 0 Å². The summed E-state index contributed by atoms with van der Waals surface area (Å²) in [6, 6.07) is 0. The number of esters is 2. The van der Waals surface area contributed by atoms with Gasteiger partial charge in [0, 0.05) is 0 Å². The highest BCUT2D eigenvalue weighted by atomic mass is 16.6. The van der Waals surface area contributed by atoms with Gasteiger partial charge in [0.25, 0.3) is 0 Å². The maximum Gasteiger partial charge on any atom is 0.332 e. The van der Waals surface area contributed by atoms with Crippen LogP contribution in [0.2, 0.25) is 0 Å². The third-order valence-corrected chi connectivity index (χ3v) is 2.71. The molecule has 0 bridgehead atoms. The minimum Gasteiger partial charge on any atom is -0.464 e. The Morgan fingerprint density at radius 3 is 1.65 bits per heavy atom.